The highest BCUT2D eigenvalue weighted by Gasteiger charge is 2.49. The zero-order chi connectivity index (χ0) is 26.6. The lowest BCUT2D eigenvalue weighted by atomic mass is 9.80. The van der Waals surface area contributed by atoms with E-state index in [1.807, 2.05) is 91.0 Å². The highest BCUT2D eigenvalue weighted by molar-refractivity contribution is 5.47. The van der Waals surface area contributed by atoms with Gasteiger partial charge in [-0.15, -0.1) is 0 Å². The molecule has 196 valence electrons. The van der Waals surface area contributed by atoms with Crippen LogP contribution in [0.15, 0.2) is 115 Å². The van der Waals surface area contributed by atoms with Crippen molar-refractivity contribution in [3.05, 3.63) is 138 Å². The van der Waals surface area contributed by atoms with Gasteiger partial charge in [0.2, 0.25) is 0 Å². The van der Waals surface area contributed by atoms with Gasteiger partial charge in [0.05, 0.1) is 12.3 Å². The molecule has 0 bridgehead atoms. The van der Waals surface area contributed by atoms with Gasteiger partial charge in [-0.2, -0.15) is 0 Å². The summed E-state index contributed by atoms with van der Waals surface area (Å²) in [5.74, 6) is -0.999. The van der Waals surface area contributed by atoms with Crippen molar-refractivity contribution in [1.82, 2.24) is 4.98 Å². The fraction of sp³-hybridized carbons (Fsp3) is 0.281. The SMILES string of the molecule is CC1(C)O[C@@H]([C@H](O)COC(c2ccccc2)(c2ccccc2)c2ccccc2)[C@@H](C(O)c2ccccn2)O1. The van der Waals surface area contributed by atoms with Crippen LogP contribution in [-0.4, -0.2) is 45.9 Å². The number of hydrogen-bond donors (Lipinski definition) is 2. The summed E-state index contributed by atoms with van der Waals surface area (Å²) in [5, 5.41) is 22.6. The third-order valence-corrected chi connectivity index (χ3v) is 6.86. The van der Waals surface area contributed by atoms with Crippen LogP contribution in [0, 0.1) is 0 Å². The third kappa shape index (κ3) is 5.27. The first-order valence-corrected chi connectivity index (χ1v) is 12.8. The van der Waals surface area contributed by atoms with Gasteiger partial charge in [-0.3, -0.25) is 4.98 Å². The molecular formula is C32H33NO5. The summed E-state index contributed by atoms with van der Waals surface area (Å²) >= 11 is 0. The summed E-state index contributed by atoms with van der Waals surface area (Å²) in [7, 11) is 0. The molecule has 1 unspecified atom stereocenters. The number of rotatable bonds is 9. The zero-order valence-electron chi connectivity index (χ0n) is 21.6. The fourth-order valence-electron chi connectivity index (χ4n) is 5.15. The molecule has 0 saturated carbocycles. The fourth-order valence-corrected chi connectivity index (χ4v) is 5.15. The molecule has 38 heavy (non-hydrogen) atoms. The molecule has 2 heterocycles. The van der Waals surface area contributed by atoms with Gasteiger partial charge in [0.1, 0.15) is 30.0 Å². The molecule has 0 amide bonds. The Morgan fingerprint density at radius 2 is 1.21 bits per heavy atom. The molecule has 0 spiro atoms. The summed E-state index contributed by atoms with van der Waals surface area (Å²) in [6, 6.07) is 35.2. The first-order valence-electron chi connectivity index (χ1n) is 12.8. The van der Waals surface area contributed by atoms with Crippen molar-refractivity contribution in [2.24, 2.45) is 0 Å². The van der Waals surface area contributed by atoms with E-state index < -0.39 is 35.8 Å². The lowest BCUT2D eigenvalue weighted by Crippen LogP contribution is -2.44. The Labute approximate surface area is 223 Å². The van der Waals surface area contributed by atoms with Crippen molar-refractivity contribution in [3.63, 3.8) is 0 Å². The van der Waals surface area contributed by atoms with Crippen LogP contribution in [0.2, 0.25) is 0 Å². The molecule has 0 radical (unpaired) electrons. The van der Waals surface area contributed by atoms with Crippen LogP contribution in [0.25, 0.3) is 0 Å². The molecule has 2 N–H and O–H groups in total. The Morgan fingerprint density at radius 1 is 0.737 bits per heavy atom. The second kappa shape index (κ2) is 11.2. The van der Waals surface area contributed by atoms with Gasteiger partial charge >= 0.3 is 0 Å². The Bertz CT molecular complexity index is 1190. The summed E-state index contributed by atoms with van der Waals surface area (Å²) < 4.78 is 18.9. The maximum absolute atomic E-state index is 11.5. The Hall–Kier alpha value is -3.39. The predicted octanol–water partition coefficient (Wildman–Crippen LogP) is 5.00. The van der Waals surface area contributed by atoms with E-state index in [1.54, 1.807) is 38.2 Å². The molecular weight excluding hydrogens is 478 g/mol. The first-order chi connectivity index (χ1) is 18.4. The van der Waals surface area contributed by atoms with Crippen molar-refractivity contribution in [2.75, 3.05) is 6.61 Å². The minimum absolute atomic E-state index is 0.0752. The quantitative estimate of drug-likeness (QED) is 0.308. The van der Waals surface area contributed by atoms with E-state index in [2.05, 4.69) is 4.98 Å². The molecule has 1 aliphatic heterocycles. The minimum Gasteiger partial charge on any atom is -0.388 e. The molecule has 4 aromatic rings. The van der Waals surface area contributed by atoms with Crippen molar-refractivity contribution in [1.29, 1.82) is 0 Å². The van der Waals surface area contributed by atoms with E-state index in [0.29, 0.717) is 5.69 Å². The molecule has 5 rings (SSSR count). The maximum Gasteiger partial charge on any atom is 0.164 e. The average molecular weight is 512 g/mol. The van der Waals surface area contributed by atoms with E-state index in [4.69, 9.17) is 14.2 Å². The molecule has 6 heteroatoms. The molecule has 1 fully saturated rings. The lowest BCUT2D eigenvalue weighted by Gasteiger charge is -2.37. The highest BCUT2D eigenvalue weighted by Crippen LogP contribution is 2.42. The van der Waals surface area contributed by atoms with E-state index in [9.17, 15) is 10.2 Å². The molecule has 1 aromatic heterocycles. The van der Waals surface area contributed by atoms with Gasteiger partial charge in [0.25, 0.3) is 0 Å². The van der Waals surface area contributed by atoms with Gasteiger partial charge in [-0.05, 0) is 42.7 Å². The number of aromatic nitrogens is 1. The second-order valence-corrected chi connectivity index (χ2v) is 9.92. The number of benzene rings is 3. The summed E-state index contributed by atoms with van der Waals surface area (Å²) in [6.45, 7) is 3.45. The van der Waals surface area contributed by atoms with Crippen LogP contribution >= 0.6 is 0 Å². The standard InChI is InChI=1S/C32H33NO5/c1-31(2)37-29(30(38-31)28(35)26-20-12-13-21-33-26)27(34)22-36-32(23-14-6-3-7-15-23,24-16-8-4-9-17-24)25-18-10-5-11-19-25/h3-21,27-30,34-35H,22H2,1-2H3/t27-,28?,29+,30-/m1/s1. The number of aliphatic hydroxyl groups is 2. The van der Waals surface area contributed by atoms with Crippen LogP contribution < -0.4 is 0 Å². The average Bonchev–Trinajstić information content (AvgIpc) is 3.30. The van der Waals surface area contributed by atoms with Gasteiger partial charge in [0, 0.05) is 6.20 Å². The minimum atomic E-state index is -1.10. The van der Waals surface area contributed by atoms with E-state index in [-0.39, 0.29) is 6.61 Å². The summed E-state index contributed by atoms with van der Waals surface area (Å²) in [4.78, 5) is 4.27. The normalized spacial score (nSPS) is 20.6. The molecule has 0 aliphatic carbocycles. The number of ether oxygens (including phenoxy) is 3. The Balaban J connectivity index is 1.50. The summed E-state index contributed by atoms with van der Waals surface area (Å²) in [5.41, 5.74) is 2.24. The monoisotopic (exact) mass is 511 g/mol. The largest absolute Gasteiger partial charge is 0.388 e. The van der Waals surface area contributed by atoms with Gasteiger partial charge in [-0.1, -0.05) is 97.1 Å². The number of nitrogens with zero attached hydrogens (tertiary/aromatic N) is 1. The number of pyridine rings is 1. The van der Waals surface area contributed by atoms with Crippen LogP contribution in [0.3, 0.4) is 0 Å². The van der Waals surface area contributed by atoms with Gasteiger partial charge < -0.3 is 24.4 Å². The lowest BCUT2D eigenvalue weighted by molar-refractivity contribution is -0.165. The van der Waals surface area contributed by atoms with Gasteiger partial charge in [-0.25, -0.2) is 0 Å². The van der Waals surface area contributed by atoms with Crippen LogP contribution in [-0.2, 0) is 19.8 Å². The highest BCUT2D eigenvalue weighted by atomic mass is 16.8. The molecule has 6 nitrogen and oxygen atoms in total. The van der Waals surface area contributed by atoms with Crippen LogP contribution in [0.5, 0.6) is 0 Å². The van der Waals surface area contributed by atoms with Crippen molar-refractivity contribution in [3.8, 4) is 0 Å². The van der Waals surface area contributed by atoms with E-state index >= 15 is 0 Å². The molecule has 4 atom stereocenters. The Morgan fingerprint density at radius 3 is 1.68 bits per heavy atom. The molecule has 1 aliphatic rings. The number of aliphatic hydroxyl groups excluding tert-OH is 2. The third-order valence-electron chi connectivity index (χ3n) is 6.86. The Kier molecular flexibility index (Phi) is 7.70. The maximum atomic E-state index is 11.5. The molecule has 1 saturated heterocycles. The molecule has 3 aromatic carbocycles. The smallest absolute Gasteiger partial charge is 0.164 e. The van der Waals surface area contributed by atoms with Crippen LogP contribution in [0.1, 0.15) is 42.3 Å². The van der Waals surface area contributed by atoms with Crippen molar-refractivity contribution < 1.29 is 24.4 Å². The number of hydrogen-bond acceptors (Lipinski definition) is 6. The van der Waals surface area contributed by atoms with E-state index in [0.717, 1.165) is 16.7 Å². The van der Waals surface area contributed by atoms with Crippen LogP contribution in [0.4, 0.5) is 0 Å². The summed E-state index contributed by atoms with van der Waals surface area (Å²) in [6.07, 6.45) is -2.25. The van der Waals surface area contributed by atoms with Crippen molar-refractivity contribution in [2.45, 2.75) is 49.7 Å². The van der Waals surface area contributed by atoms with Gasteiger partial charge in [0.15, 0.2) is 5.79 Å². The predicted molar refractivity (Wildman–Crippen MR) is 144 cm³/mol. The zero-order valence-corrected chi connectivity index (χ0v) is 21.6. The van der Waals surface area contributed by atoms with E-state index in [1.165, 1.54) is 0 Å². The second-order valence-electron chi connectivity index (χ2n) is 9.92. The first kappa shape index (κ1) is 26.2. The topological polar surface area (TPSA) is 81.0 Å². The van der Waals surface area contributed by atoms with Crippen molar-refractivity contribution >= 4 is 0 Å².